The Morgan fingerprint density at radius 1 is 0.167 bits per heavy atom. The molecule has 0 aromatic rings. The average Bonchev–Trinajstić information content (AvgIpc) is 0. The summed E-state index contributed by atoms with van der Waals surface area (Å²) in [6.45, 7) is 0. The predicted molar refractivity (Wildman–Crippen MR) is 22.5 cm³/mol. The quantitative estimate of drug-likeness (QED) is 0.345. The van der Waals surface area contributed by atoms with Gasteiger partial charge in [0, 0.05) is 0 Å². The SMILES string of the molecule is O.[H-].[H-].[H-].[H-].[H-].[H-].[H-].[H-].[H-].[H-].[H-].[H-].[H-].[H-].[H-].[H-].[H-].[Na+].[Na+].[Na+].[Na+].[Na+].[Na+].[Na+].[Na+].[Na+].[Na+].[Na+].[Na+].[Na+].[Na+].[Na+].[Na+].[Na+]. The van der Waals surface area contributed by atoms with E-state index in [1.807, 2.05) is 0 Å². The van der Waals surface area contributed by atoms with Gasteiger partial charge in [-0.2, -0.15) is 0 Å². The van der Waals surface area contributed by atoms with E-state index in [-0.39, 0.29) is 532 Å². The minimum absolute atomic E-state index is 0. The minimum Gasteiger partial charge on any atom is -1.00 e. The average molecular weight is 426 g/mol. The van der Waals surface area contributed by atoms with E-state index >= 15 is 0 Å². The maximum Gasteiger partial charge on any atom is 1.00 e. The van der Waals surface area contributed by atoms with E-state index in [0.29, 0.717) is 0 Å². The topological polar surface area (TPSA) is 31.5 Å². The van der Waals surface area contributed by atoms with Crippen LogP contribution in [0, 0.1) is 0 Å². The van der Waals surface area contributed by atoms with Crippen molar-refractivity contribution in [2.45, 2.75) is 0 Å². The molecule has 0 aromatic heterocycles. The molecule has 0 saturated heterocycles. The Bertz CT molecular complexity index is 40.6. The van der Waals surface area contributed by atoms with Crippen LogP contribution < -0.4 is 502 Å². The Kier molecular flexibility index (Phi) is 999. The molecule has 0 rings (SSSR count). The summed E-state index contributed by atoms with van der Waals surface area (Å²) < 4.78 is 0. The van der Waals surface area contributed by atoms with Crippen LogP contribution in [0.25, 0.3) is 0 Å². The molecule has 1 nitrogen and oxygen atoms in total. The largest absolute Gasteiger partial charge is 1.00 e. The molecule has 0 amide bonds. The van der Waals surface area contributed by atoms with E-state index in [4.69, 9.17) is 0 Å². The first-order valence-electron chi connectivity index (χ1n) is 0. The molecular formula is H19Na17O. The van der Waals surface area contributed by atoms with Crippen molar-refractivity contribution in [1.82, 2.24) is 0 Å². The van der Waals surface area contributed by atoms with E-state index in [9.17, 15) is 0 Å². The molecule has 0 aromatic carbocycles. The molecule has 0 aliphatic heterocycles. The van der Waals surface area contributed by atoms with Gasteiger partial charge < -0.3 is 29.7 Å². The molecule has 0 heterocycles. The molecule has 0 radical (unpaired) electrons. The van der Waals surface area contributed by atoms with Gasteiger partial charge in [-0.15, -0.1) is 0 Å². The van der Waals surface area contributed by atoms with Crippen LogP contribution in [0.3, 0.4) is 0 Å². The van der Waals surface area contributed by atoms with Crippen LogP contribution in [0.5, 0.6) is 0 Å². The predicted octanol–water partition coefficient (Wildman–Crippen LogP) is -49.8. The molecular weight excluding hydrogens is 407 g/mol. The molecule has 0 aliphatic rings. The van der Waals surface area contributed by atoms with Crippen molar-refractivity contribution in [2.24, 2.45) is 0 Å². The standard InChI is InChI=1S/17Na.H2O.17H/h;;;;;;;;;;;;;;;;;1H2;;;;;;;;;;;;;;;;;/q17*+1;;17*-1. The Labute approximate surface area is 515 Å². The monoisotopic (exact) mass is 426 g/mol. The van der Waals surface area contributed by atoms with E-state index in [1.54, 1.807) is 0 Å². The normalized spacial score (nSPS) is 0. The smallest absolute Gasteiger partial charge is 1.00 e. The van der Waals surface area contributed by atoms with Crippen LogP contribution >= 0.6 is 0 Å². The van der Waals surface area contributed by atoms with E-state index in [2.05, 4.69) is 0 Å². The van der Waals surface area contributed by atoms with Crippen LogP contribution in [0.15, 0.2) is 0 Å². The fourth-order valence-electron chi connectivity index (χ4n) is 0. The Balaban J connectivity index is 0. The molecule has 0 atom stereocenters. The molecule has 42 valence electrons. The fourth-order valence-corrected chi connectivity index (χ4v) is 0. The van der Waals surface area contributed by atoms with Crippen molar-refractivity contribution in [3.05, 3.63) is 0 Å². The van der Waals surface area contributed by atoms with Crippen molar-refractivity contribution >= 4 is 0 Å². The fraction of sp³-hybridized carbons (Fsp3) is 0. The van der Waals surface area contributed by atoms with Crippen LogP contribution in [0.1, 0.15) is 24.3 Å². The van der Waals surface area contributed by atoms with Crippen molar-refractivity contribution in [3.63, 3.8) is 0 Å². The second-order valence-electron chi connectivity index (χ2n) is 0. The van der Waals surface area contributed by atoms with Gasteiger partial charge in [0.1, 0.15) is 0 Å². The second-order valence-corrected chi connectivity index (χ2v) is 0. The molecule has 18 heavy (non-hydrogen) atoms. The summed E-state index contributed by atoms with van der Waals surface area (Å²) in [6.07, 6.45) is 0. The van der Waals surface area contributed by atoms with E-state index < -0.39 is 0 Å². The Hall–Kier alpha value is 17.0. The zero-order valence-corrected chi connectivity index (χ0v) is 51.5. The summed E-state index contributed by atoms with van der Waals surface area (Å²) in [4.78, 5) is 0. The van der Waals surface area contributed by atoms with Crippen molar-refractivity contribution in [1.29, 1.82) is 0 Å². The number of hydrogen-bond donors (Lipinski definition) is 0. The summed E-state index contributed by atoms with van der Waals surface area (Å²) in [5, 5.41) is 0. The van der Waals surface area contributed by atoms with E-state index in [1.165, 1.54) is 0 Å². The van der Waals surface area contributed by atoms with Crippen LogP contribution in [-0.4, -0.2) is 5.48 Å². The molecule has 0 unspecified atom stereocenters. The Morgan fingerprint density at radius 2 is 0.167 bits per heavy atom. The third-order valence-electron chi connectivity index (χ3n) is 0. The third-order valence-corrected chi connectivity index (χ3v) is 0. The van der Waals surface area contributed by atoms with Crippen molar-refractivity contribution in [2.75, 3.05) is 0 Å². The van der Waals surface area contributed by atoms with Gasteiger partial charge in [0.05, 0.1) is 0 Å². The molecule has 18 heteroatoms. The summed E-state index contributed by atoms with van der Waals surface area (Å²) in [5.74, 6) is 0. The maximum atomic E-state index is 0. The van der Waals surface area contributed by atoms with Crippen LogP contribution in [0.2, 0.25) is 0 Å². The van der Waals surface area contributed by atoms with Crippen LogP contribution in [-0.2, 0) is 0 Å². The summed E-state index contributed by atoms with van der Waals surface area (Å²) in [7, 11) is 0. The van der Waals surface area contributed by atoms with Gasteiger partial charge in [-0.25, -0.2) is 0 Å². The number of hydrogen-bond acceptors (Lipinski definition) is 0. The number of rotatable bonds is 0. The first-order valence-corrected chi connectivity index (χ1v) is 0. The van der Waals surface area contributed by atoms with Gasteiger partial charge in [-0.3, -0.25) is 0 Å². The minimum atomic E-state index is 0. The summed E-state index contributed by atoms with van der Waals surface area (Å²) >= 11 is 0. The van der Waals surface area contributed by atoms with Gasteiger partial charge in [0.2, 0.25) is 0 Å². The maximum absolute atomic E-state index is 0. The van der Waals surface area contributed by atoms with Gasteiger partial charge in [0.15, 0.2) is 0 Å². The van der Waals surface area contributed by atoms with Gasteiger partial charge in [-0.1, -0.05) is 0 Å². The molecule has 0 aliphatic carbocycles. The molecule has 0 fully saturated rings. The first-order chi connectivity index (χ1) is 0. The first kappa shape index (κ1) is 140. The summed E-state index contributed by atoms with van der Waals surface area (Å²) in [6, 6.07) is 0. The zero-order chi connectivity index (χ0) is 0. The van der Waals surface area contributed by atoms with Gasteiger partial charge >= 0.3 is 502 Å². The molecule has 0 spiro atoms. The van der Waals surface area contributed by atoms with Gasteiger partial charge in [-0.05, 0) is 0 Å². The molecule has 2 N–H and O–H groups in total. The summed E-state index contributed by atoms with van der Waals surface area (Å²) in [5.41, 5.74) is 0. The molecule has 0 saturated carbocycles. The van der Waals surface area contributed by atoms with Crippen molar-refractivity contribution < 1.29 is 532 Å². The van der Waals surface area contributed by atoms with Gasteiger partial charge in [0.25, 0.3) is 0 Å². The second kappa shape index (κ2) is 128. The molecule has 0 bridgehead atoms. The zero-order valence-electron chi connectivity index (χ0n) is 34.5. The Morgan fingerprint density at radius 3 is 0.167 bits per heavy atom. The van der Waals surface area contributed by atoms with E-state index in [0.717, 1.165) is 0 Å². The van der Waals surface area contributed by atoms with Crippen molar-refractivity contribution in [3.8, 4) is 0 Å². The third kappa shape index (κ3) is 117. The van der Waals surface area contributed by atoms with Crippen LogP contribution in [0.4, 0.5) is 0 Å².